The zero-order valence-corrected chi connectivity index (χ0v) is 16.7. The van der Waals surface area contributed by atoms with E-state index in [1.807, 2.05) is 6.07 Å². The molecule has 1 aromatic carbocycles. The maximum absolute atomic E-state index is 11.6. The van der Waals surface area contributed by atoms with E-state index in [1.54, 1.807) is 0 Å². The average Bonchev–Trinajstić information content (AvgIpc) is 3.27. The number of rotatable bonds is 6. The van der Waals surface area contributed by atoms with Gasteiger partial charge in [0, 0.05) is 11.3 Å². The summed E-state index contributed by atoms with van der Waals surface area (Å²) < 4.78 is 34.8. The number of ether oxygens (including phenoxy) is 1. The largest absolute Gasteiger partial charge is 0.416 e. The van der Waals surface area contributed by atoms with Crippen molar-refractivity contribution in [3.63, 3.8) is 0 Å². The van der Waals surface area contributed by atoms with Gasteiger partial charge in [-0.15, -0.1) is 10.2 Å². The van der Waals surface area contributed by atoms with Crippen molar-refractivity contribution in [3.05, 3.63) is 41.8 Å². The summed E-state index contributed by atoms with van der Waals surface area (Å²) in [5.74, 6) is 1.36. The molecular weight excluding hydrogens is 386 g/mol. The Morgan fingerprint density at radius 3 is 2.85 bits per heavy atom. The van der Waals surface area contributed by atoms with Crippen LogP contribution in [0.4, 0.5) is 0 Å². The van der Waals surface area contributed by atoms with E-state index in [0.29, 0.717) is 17.5 Å². The molecule has 0 saturated carbocycles. The SMILES string of the molecule is O=S1(=O)CC[C@@H](c2nnc(SC[C@@H]3C[NH+](Cc4ccccc4)CCO3)o2)C1. The summed E-state index contributed by atoms with van der Waals surface area (Å²) in [6, 6.07) is 10.5. The van der Waals surface area contributed by atoms with E-state index in [0.717, 1.165) is 32.0 Å². The molecule has 1 aromatic heterocycles. The number of aromatic nitrogens is 2. The molecule has 0 spiro atoms. The molecule has 0 amide bonds. The first-order valence-corrected chi connectivity index (χ1v) is 12.0. The number of morpholine rings is 1. The second-order valence-corrected chi connectivity index (χ2v) is 10.4. The molecule has 0 bridgehead atoms. The highest BCUT2D eigenvalue weighted by molar-refractivity contribution is 7.99. The normalized spacial score (nSPS) is 27.6. The summed E-state index contributed by atoms with van der Waals surface area (Å²) in [4.78, 5) is 1.51. The van der Waals surface area contributed by atoms with Crippen LogP contribution >= 0.6 is 11.8 Å². The van der Waals surface area contributed by atoms with Crippen LogP contribution in [0.1, 0.15) is 23.8 Å². The number of sulfone groups is 1. The Hall–Kier alpha value is -1.42. The fraction of sp³-hybridized carbons (Fsp3) is 0.556. The second kappa shape index (κ2) is 8.30. The van der Waals surface area contributed by atoms with Crippen LogP contribution in [0.3, 0.4) is 0 Å². The zero-order valence-electron chi connectivity index (χ0n) is 15.0. The van der Waals surface area contributed by atoms with Gasteiger partial charge < -0.3 is 14.1 Å². The highest BCUT2D eigenvalue weighted by Crippen LogP contribution is 2.29. The van der Waals surface area contributed by atoms with E-state index in [1.165, 1.54) is 22.2 Å². The minimum absolute atomic E-state index is 0.114. The molecule has 3 atom stereocenters. The Morgan fingerprint density at radius 1 is 1.22 bits per heavy atom. The number of benzene rings is 1. The predicted molar refractivity (Wildman–Crippen MR) is 102 cm³/mol. The predicted octanol–water partition coefficient (Wildman–Crippen LogP) is 0.548. The van der Waals surface area contributed by atoms with Gasteiger partial charge in [-0.05, 0) is 6.42 Å². The standard InChI is InChI=1S/C18H23N3O4S2/c22-27(23)9-6-15(13-27)17-19-20-18(25-17)26-12-16-11-21(7-8-24-16)10-14-4-2-1-3-5-14/h1-5,15-16H,6-13H2/p+1/t15-,16+/m1/s1. The Bertz CT molecular complexity index is 857. The minimum atomic E-state index is -2.95. The van der Waals surface area contributed by atoms with Gasteiger partial charge in [-0.3, -0.25) is 0 Å². The zero-order chi connectivity index (χ0) is 18.7. The summed E-state index contributed by atoms with van der Waals surface area (Å²) >= 11 is 1.49. The monoisotopic (exact) mass is 410 g/mol. The van der Waals surface area contributed by atoms with E-state index >= 15 is 0 Å². The lowest BCUT2D eigenvalue weighted by atomic mass is 10.1. The maximum Gasteiger partial charge on any atom is 0.276 e. The smallest absolute Gasteiger partial charge is 0.276 e. The van der Waals surface area contributed by atoms with Crippen LogP contribution in [0.5, 0.6) is 0 Å². The van der Waals surface area contributed by atoms with Gasteiger partial charge >= 0.3 is 0 Å². The molecule has 27 heavy (non-hydrogen) atoms. The van der Waals surface area contributed by atoms with Gasteiger partial charge in [0.1, 0.15) is 25.7 Å². The first-order valence-electron chi connectivity index (χ1n) is 9.23. The van der Waals surface area contributed by atoms with Crippen LogP contribution in [0, 0.1) is 0 Å². The lowest BCUT2D eigenvalue weighted by molar-refractivity contribution is -0.924. The Morgan fingerprint density at radius 2 is 2.07 bits per heavy atom. The maximum atomic E-state index is 11.6. The Kier molecular flexibility index (Phi) is 5.82. The Balaban J connectivity index is 1.27. The topological polar surface area (TPSA) is 86.7 Å². The third-order valence-electron chi connectivity index (χ3n) is 5.02. The van der Waals surface area contributed by atoms with E-state index in [9.17, 15) is 8.42 Å². The van der Waals surface area contributed by atoms with E-state index in [2.05, 4.69) is 34.5 Å². The first kappa shape index (κ1) is 18.9. The molecule has 9 heteroatoms. The van der Waals surface area contributed by atoms with Crippen LogP contribution < -0.4 is 4.90 Å². The van der Waals surface area contributed by atoms with Crippen molar-refractivity contribution in [1.82, 2.24) is 10.2 Å². The van der Waals surface area contributed by atoms with Crippen LogP contribution in [-0.4, -0.2) is 61.7 Å². The van der Waals surface area contributed by atoms with Gasteiger partial charge in [-0.1, -0.05) is 42.1 Å². The summed E-state index contributed by atoms with van der Waals surface area (Å²) in [6.45, 7) is 3.72. The summed E-state index contributed by atoms with van der Waals surface area (Å²) in [7, 11) is -2.95. The molecule has 2 aliphatic heterocycles. The number of hydrogen-bond donors (Lipinski definition) is 1. The van der Waals surface area contributed by atoms with Gasteiger partial charge in [-0.2, -0.15) is 0 Å². The fourth-order valence-corrected chi connectivity index (χ4v) is 6.12. The van der Waals surface area contributed by atoms with Crippen LogP contribution in [-0.2, 0) is 21.1 Å². The number of nitrogens with zero attached hydrogens (tertiary/aromatic N) is 2. The van der Waals surface area contributed by atoms with Crippen molar-refractivity contribution >= 4 is 21.6 Å². The van der Waals surface area contributed by atoms with Crippen molar-refractivity contribution in [2.75, 3.05) is 37.0 Å². The molecule has 4 rings (SSSR count). The van der Waals surface area contributed by atoms with Gasteiger partial charge in [0.25, 0.3) is 5.22 Å². The van der Waals surface area contributed by atoms with Gasteiger partial charge in [0.2, 0.25) is 5.89 Å². The second-order valence-electron chi connectivity index (χ2n) is 7.18. The van der Waals surface area contributed by atoms with E-state index in [4.69, 9.17) is 9.15 Å². The molecule has 7 nitrogen and oxygen atoms in total. The number of quaternary nitrogens is 1. The quantitative estimate of drug-likeness (QED) is 0.696. The molecule has 2 aromatic rings. The molecular formula is C18H24N3O4S2+. The molecule has 1 N–H and O–H groups in total. The molecule has 2 saturated heterocycles. The lowest BCUT2D eigenvalue weighted by Gasteiger charge is -2.29. The number of thioether (sulfide) groups is 1. The Labute approximate surface area is 163 Å². The highest BCUT2D eigenvalue weighted by atomic mass is 32.2. The molecule has 2 fully saturated rings. The third kappa shape index (κ3) is 5.10. The van der Waals surface area contributed by atoms with Crippen molar-refractivity contribution in [2.45, 2.75) is 30.2 Å². The van der Waals surface area contributed by atoms with Gasteiger partial charge in [-0.25, -0.2) is 8.42 Å². The number of hydrogen-bond acceptors (Lipinski definition) is 7. The van der Waals surface area contributed by atoms with Crippen LogP contribution in [0.15, 0.2) is 40.0 Å². The molecule has 3 heterocycles. The molecule has 0 radical (unpaired) electrons. The van der Waals surface area contributed by atoms with Crippen LogP contribution in [0.25, 0.3) is 0 Å². The number of nitrogens with one attached hydrogen (secondary N) is 1. The van der Waals surface area contributed by atoms with Crippen molar-refractivity contribution < 1.29 is 22.5 Å². The minimum Gasteiger partial charge on any atom is -0.416 e. The van der Waals surface area contributed by atoms with Crippen molar-refractivity contribution in [1.29, 1.82) is 0 Å². The third-order valence-corrected chi connectivity index (χ3v) is 7.74. The van der Waals surface area contributed by atoms with Crippen molar-refractivity contribution in [2.24, 2.45) is 0 Å². The van der Waals surface area contributed by atoms with Crippen LogP contribution in [0.2, 0.25) is 0 Å². The summed E-state index contributed by atoms with van der Waals surface area (Å²) in [5.41, 5.74) is 1.34. The van der Waals surface area contributed by atoms with Gasteiger partial charge in [0.15, 0.2) is 9.84 Å². The molecule has 146 valence electrons. The summed E-state index contributed by atoms with van der Waals surface area (Å²) in [5, 5.41) is 8.61. The van der Waals surface area contributed by atoms with Crippen molar-refractivity contribution in [3.8, 4) is 0 Å². The fourth-order valence-electron chi connectivity index (χ4n) is 3.60. The molecule has 1 unspecified atom stereocenters. The molecule has 2 aliphatic rings. The highest BCUT2D eigenvalue weighted by Gasteiger charge is 2.33. The van der Waals surface area contributed by atoms with Gasteiger partial charge in [0.05, 0.1) is 24.0 Å². The average molecular weight is 411 g/mol. The van der Waals surface area contributed by atoms with E-state index in [-0.39, 0.29) is 23.5 Å². The molecule has 0 aliphatic carbocycles. The summed E-state index contributed by atoms with van der Waals surface area (Å²) in [6.07, 6.45) is 0.711. The lowest BCUT2D eigenvalue weighted by Crippen LogP contribution is -3.13. The van der Waals surface area contributed by atoms with E-state index < -0.39 is 9.84 Å². The first-order chi connectivity index (χ1) is 13.1.